The van der Waals surface area contributed by atoms with Crippen LogP contribution in [0.5, 0.6) is 5.75 Å². The molecule has 4 amide bonds. The molecule has 4 aliphatic rings. The van der Waals surface area contributed by atoms with E-state index in [0.717, 1.165) is 25.7 Å². The molecular formula is C24H30N4O5. The number of ether oxygens (including phenoxy) is 1. The fourth-order valence-corrected chi connectivity index (χ4v) is 5.80. The van der Waals surface area contributed by atoms with E-state index in [-0.39, 0.29) is 48.2 Å². The van der Waals surface area contributed by atoms with Crippen LogP contribution < -0.4 is 15.4 Å². The Balaban J connectivity index is 1.29. The highest BCUT2D eigenvalue weighted by Crippen LogP contribution is 2.33. The molecule has 3 saturated heterocycles. The highest BCUT2D eigenvalue weighted by molar-refractivity contribution is 5.98. The van der Waals surface area contributed by atoms with Gasteiger partial charge in [0.2, 0.25) is 17.7 Å². The molecule has 1 saturated carbocycles. The first kappa shape index (κ1) is 21.7. The van der Waals surface area contributed by atoms with Crippen molar-refractivity contribution in [3.8, 4) is 5.75 Å². The highest BCUT2D eigenvalue weighted by atomic mass is 16.5. The minimum Gasteiger partial charge on any atom is -0.497 e. The summed E-state index contributed by atoms with van der Waals surface area (Å²) in [6.07, 6.45) is 4.80. The molecular weight excluding hydrogens is 424 g/mol. The first-order valence-corrected chi connectivity index (χ1v) is 11.8. The summed E-state index contributed by atoms with van der Waals surface area (Å²) in [4.78, 5) is 55.6. The Labute approximate surface area is 192 Å². The van der Waals surface area contributed by atoms with Crippen LogP contribution in [0.4, 0.5) is 0 Å². The van der Waals surface area contributed by atoms with Gasteiger partial charge in [-0.25, -0.2) is 0 Å². The molecule has 4 unspecified atom stereocenters. The van der Waals surface area contributed by atoms with E-state index in [0.29, 0.717) is 30.7 Å². The maximum atomic E-state index is 13.6. The van der Waals surface area contributed by atoms with E-state index in [9.17, 15) is 19.2 Å². The molecule has 33 heavy (non-hydrogen) atoms. The fraction of sp³-hybridized carbons (Fsp3) is 0.583. The predicted molar refractivity (Wildman–Crippen MR) is 118 cm³/mol. The van der Waals surface area contributed by atoms with Crippen molar-refractivity contribution in [2.24, 2.45) is 5.92 Å². The molecule has 0 aromatic heterocycles. The van der Waals surface area contributed by atoms with Gasteiger partial charge in [0.25, 0.3) is 5.91 Å². The minimum absolute atomic E-state index is 0.0126. The predicted octanol–water partition coefficient (Wildman–Crippen LogP) is 0.684. The average Bonchev–Trinajstić information content (AvgIpc) is 3.57. The van der Waals surface area contributed by atoms with E-state index in [1.54, 1.807) is 41.2 Å². The SMILES string of the molecule is COc1ccc(C(=O)NC2CC3C(=O)NC4CCN(C(=O)C5CCCC5)C4C(=O)N3C2)cc1. The van der Waals surface area contributed by atoms with Crippen LogP contribution in [0.2, 0.25) is 0 Å². The molecule has 1 aromatic rings. The molecule has 9 heteroatoms. The lowest BCUT2D eigenvalue weighted by Gasteiger charge is -2.30. The lowest BCUT2D eigenvalue weighted by Crippen LogP contribution is -2.53. The topological polar surface area (TPSA) is 108 Å². The monoisotopic (exact) mass is 454 g/mol. The van der Waals surface area contributed by atoms with Gasteiger partial charge in [0.15, 0.2) is 0 Å². The Morgan fingerprint density at radius 3 is 2.52 bits per heavy atom. The lowest BCUT2D eigenvalue weighted by molar-refractivity contribution is -0.146. The molecule has 176 valence electrons. The number of hydrogen-bond donors (Lipinski definition) is 2. The second-order valence-electron chi connectivity index (χ2n) is 9.50. The molecule has 3 heterocycles. The molecule has 0 spiro atoms. The summed E-state index contributed by atoms with van der Waals surface area (Å²) in [5.41, 5.74) is 0.484. The van der Waals surface area contributed by atoms with Crippen molar-refractivity contribution in [2.75, 3.05) is 20.2 Å². The normalized spacial score (nSPS) is 29.4. The maximum absolute atomic E-state index is 13.6. The average molecular weight is 455 g/mol. The quantitative estimate of drug-likeness (QED) is 0.696. The van der Waals surface area contributed by atoms with Crippen molar-refractivity contribution in [2.45, 2.75) is 62.7 Å². The van der Waals surface area contributed by atoms with Crippen molar-refractivity contribution in [3.63, 3.8) is 0 Å². The minimum atomic E-state index is -0.650. The van der Waals surface area contributed by atoms with Crippen LogP contribution in [-0.4, -0.2) is 77.8 Å². The summed E-state index contributed by atoms with van der Waals surface area (Å²) in [5.74, 6) is 0.0439. The van der Waals surface area contributed by atoms with Crippen molar-refractivity contribution in [3.05, 3.63) is 29.8 Å². The zero-order valence-corrected chi connectivity index (χ0v) is 18.8. The molecule has 4 fully saturated rings. The summed E-state index contributed by atoms with van der Waals surface area (Å²) < 4.78 is 5.13. The Kier molecular flexibility index (Phi) is 5.72. The molecule has 5 rings (SSSR count). The van der Waals surface area contributed by atoms with Gasteiger partial charge in [-0.05, 0) is 49.9 Å². The van der Waals surface area contributed by atoms with Crippen molar-refractivity contribution in [1.82, 2.24) is 20.4 Å². The third-order valence-electron chi connectivity index (χ3n) is 7.54. The van der Waals surface area contributed by atoms with Gasteiger partial charge in [-0.2, -0.15) is 0 Å². The third kappa shape index (κ3) is 3.94. The summed E-state index contributed by atoms with van der Waals surface area (Å²) in [6, 6.07) is 4.82. The number of hydrogen-bond acceptors (Lipinski definition) is 5. The lowest BCUT2D eigenvalue weighted by atomic mass is 10.0. The molecule has 4 atom stereocenters. The van der Waals surface area contributed by atoms with Gasteiger partial charge >= 0.3 is 0 Å². The molecule has 1 aromatic carbocycles. The van der Waals surface area contributed by atoms with Crippen molar-refractivity contribution >= 4 is 23.6 Å². The van der Waals surface area contributed by atoms with Crippen LogP contribution in [0.3, 0.4) is 0 Å². The number of nitrogens with zero attached hydrogens (tertiary/aromatic N) is 2. The van der Waals surface area contributed by atoms with Crippen LogP contribution in [0, 0.1) is 5.92 Å². The number of amides is 4. The second kappa shape index (κ2) is 8.68. The summed E-state index contributed by atoms with van der Waals surface area (Å²) in [5, 5.41) is 5.97. The highest BCUT2D eigenvalue weighted by Gasteiger charge is 2.53. The molecule has 2 N–H and O–H groups in total. The van der Waals surface area contributed by atoms with Gasteiger partial charge < -0.3 is 25.2 Å². The molecule has 3 aliphatic heterocycles. The Morgan fingerprint density at radius 2 is 1.82 bits per heavy atom. The van der Waals surface area contributed by atoms with Gasteiger partial charge in [0.05, 0.1) is 13.2 Å². The second-order valence-corrected chi connectivity index (χ2v) is 9.50. The van der Waals surface area contributed by atoms with Gasteiger partial charge in [0.1, 0.15) is 17.8 Å². The summed E-state index contributed by atoms with van der Waals surface area (Å²) in [6.45, 7) is 0.750. The summed E-state index contributed by atoms with van der Waals surface area (Å²) in [7, 11) is 1.56. The van der Waals surface area contributed by atoms with Crippen LogP contribution >= 0.6 is 0 Å². The number of benzene rings is 1. The zero-order chi connectivity index (χ0) is 23.1. The number of nitrogens with one attached hydrogen (secondary N) is 2. The largest absolute Gasteiger partial charge is 0.497 e. The van der Waals surface area contributed by atoms with Gasteiger partial charge in [-0.3, -0.25) is 19.2 Å². The van der Waals surface area contributed by atoms with Gasteiger partial charge in [-0.15, -0.1) is 0 Å². The molecule has 1 aliphatic carbocycles. The summed E-state index contributed by atoms with van der Waals surface area (Å²) >= 11 is 0. The van der Waals surface area contributed by atoms with Crippen LogP contribution in [0.1, 0.15) is 48.9 Å². The third-order valence-corrected chi connectivity index (χ3v) is 7.54. The van der Waals surface area contributed by atoms with Gasteiger partial charge in [-0.1, -0.05) is 12.8 Å². The molecule has 0 radical (unpaired) electrons. The number of carbonyl (C=O) groups excluding carboxylic acids is 4. The van der Waals surface area contributed by atoms with Crippen LogP contribution in [0.15, 0.2) is 24.3 Å². The molecule has 0 bridgehead atoms. The van der Waals surface area contributed by atoms with E-state index in [4.69, 9.17) is 4.74 Å². The van der Waals surface area contributed by atoms with E-state index in [1.165, 1.54) is 0 Å². The first-order valence-electron chi connectivity index (χ1n) is 11.8. The van der Waals surface area contributed by atoms with E-state index >= 15 is 0 Å². The van der Waals surface area contributed by atoms with E-state index in [1.807, 2.05) is 0 Å². The Bertz CT molecular complexity index is 958. The molecule has 9 nitrogen and oxygen atoms in total. The number of fused-ring (bicyclic) bond motifs is 2. The zero-order valence-electron chi connectivity index (χ0n) is 18.8. The number of carbonyl (C=O) groups is 4. The first-order chi connectivity index (χ1) is 16.0. The van der Waals surface area contributed by atoms with Crippen molar-refractivity contribution < 1.29 is 23.9 Å². The van der Waals surface area contributed by atoms with E-state index < -0.39 is 12.1 Å². The standard InChI is InChI=1S/C24H30N4O5/c1-33-17-8-6-14(7-9-17)21(29)25-16-12-19-22(30)26-18-10-11-27(20(18)24(32)28(19)13-16)23(31)15-4-2-3-5-15/h6-9,15-16,18-20H,2-5,10-13H2,1H3,(H,25,29)(H,26,30). The smallest absolute Gasteiger partial charge is 0.251 e. The van der Waals surface area contributed by atoms with Crippen LogP contribution in [0.25, 0.3) is 0 Å². The Morgan fingerprint density at radius 1 is 1.09 bits per heavy atom. The Hall–Kier alpha value is -3.10. The number of rotatable bonds is 4. The maximum Gasteiger partial charge on any atom is 0.251 e. The van der Waals surface area contributed by atoms with Crippen molar-refractivity contribution in [1.29, 1.82) is 0 Å². The van der Waals surface area contributed by atoms with Gasteiger partial charge in [0, 0.05) is 30.6 Å². The van der Waals surface area contributed by atoms with Crippen LogP contribution in [-0.2, 0) is 14.4 Å². The number of methoxy groups -OCH3 is 1. The number of likely N-dealkylation sites (tertiary alicyclic amines) is 1. The fourth-order valence-electron chi connectivity index (χ4n) is 5.80. The van der Waals surface area contributed by atoms with E-state index in [2.05, 4.69) is 10.6 Å².